The summed E-state index contributed by atoms with van der Waals surface area (Å²) in [7, 11) is 0. The van der Waals surface area contributed by atoms with Gasteiger partial charge in [-0.1, -0.05) is 43.5 Å². The number of rotatable bonds is 6. The standard InChI is InChI=1S/C18H17N3O2S2/c1-3-9-23-12-7-5-11(6-8-12)10-13-16(22)15(17(19)24-13)18-21-20-14(4-2)25-18/h3,5-8,10,15,19H,1,4,9H2,2H3/b13-10-,19-17?/t15-/m0/s1. The van der Waals surface area contributed by atoms with E-state index in [0.29, 0.717) is 21.6 Å². The molecular weight excluding hydrogens is 354 g/mol. The second kappa shape index (κ2) is 7.76. The van der Waals surface area contributed by atoms with Crippen molar-refractivity contribution in [3.8, 4) is 5.75 Å². The average Bonchev–Trinajstić information content (AvgIpc) is 3.19. The maximum atomic E-state index is 12.7. The van der Waals surface area contributed by atoms with Crippen molar-refractivity contribution in [3.63, 3.8) is 0 Å². The third-order valence-corrected chi connectivity index (χ3v) is 5.69. The molecule has 2 aromatic rings. The zero-order valence-electron chi connectivity index (χ0n) is 13.7. The summed E-state index contributed by atoms with van der Waals surface area (Å²) in [6, 6.07) is 7.47. The van der Waals surface area contributed by atoms with Gasteiger partial charge in [0.25, 0.3) is 0 Å². The lowest BCUT2D eigenvalue weighted by atomic mass is 10.1. The molecule has 1 aliphatic rings. The molecule has 0 spiro atoms. The molecule has 128 valence electrons. The predicted molar refractivity (Wildman–Crippen MR) is 102 cm³/mol. The predicted octanol–water partition coefficient (Wildman–Crippen LogP) is 4.08. The number of carbonyl (C=O) groups excluding carboxylic acids is 1. The summed E-state index contributed by atoms with van der Waals surface area (Å²) in [5.41, 5.74) is 0.891. The maximum Gasteiger partial charge on any atom is 0.186 e. The first-order chi connectivity index (χ1) is 12.1. The minimum absolute atomic E-state index is 0.0826. The Morgan fingerprint density at radius 1 is 1.32 bits per heavy atom. The number of Topliss-reactive ketones (excluding diaryl/α,β-unsaturated/α-hetero) is 1. The van der Waals surface area contributed by atoms with Crippen LogP contribution >= 0.6 is 23.1 Å². The fourth-order valence-corrected chi connectivity index (χ4v) is 4.26. The summed E-state index contributed by atoms with van der Waals surface area (Å²) in [5, 5.41) is 18.1. The molecule has 25 heavy (non-hydrogen) atoms. The second-order valence-corrected chi connectivity index (χ2v) is 7.51. The van der Waals surface area contributed by atoms with Gasteiger partial charge in [0.1, 0.15) is 28.3 Å². The number of ketones is 1. The Morgan fingerprint density at radius 3 is 2.72 bits per heavy atom. The molecule has 5 nitrogen and oxygen atoms in total. The zero-order chi connectivity index (χ0) is 17.8. The minimum atomic E-state index is -0.607. The van der Waals surface area contributed by atoms with Crippen molar-refractivity contribution < 1.29 is 9.53 Å². The van der Waals surface area contributed by atoms with Crippen LogP contribution in [0.25, 0.3) is 6.08 Å². The first kappa shape index (κ1) is 17.6. The molecule has 7 heteroatoms. The van der Waals surface area contributed by atoms with Gasteiger partial charge >= 0.3 is 0 Å². The number of ether oxygens (including phenoxy) is 1. The van der Waals surface area contributed by atoms with Gasteiger partial charge in [0.05, 0.1) is 9.95 Å². The molecule has 3 rings (SSSR count). The monoisotopic (exact) mass is 371 g/mol. The van der Waals surface area contributed by atoms with Gasteiger partial charge < -0.3 is 4.74 Å². The fraction of sp³-hybridized carbons (Fsp3) is 0.222. The van der Waals surface area contributed by atoms with Crippen LogP contribution in [0.3, 0.4) is 0 Å². The molecule has 0 saturated carbocycles. The lowest BCUT2D eigenvalue weighted by molar-refractivity contribution is -0.114. The molecule has 1 atom stereocenters. The van der Waals surface area contributed by atoms with Crippen molar-refractivity contribution in [1.29, 1.82) is 5.41 Å². The number of aryl methyl sites for hydroxylation is 1. The largest absolute Gasteiger partial charge is 0.490 e. The van der Waals surface area contributed by atoms with Crippen molar-refractivity contribution in [3.05, 3.63) is 57.4 Å². The molecule has 1 aromatic heterocycles. The molecule has 0 aliphatic carbocycles. The number of aromatic nitrogens is 2. The highest BCUT2D eigenvalue weighted by Crippen LogP contribution is 2.41. The third kappa shape index (κ3) is 3.88. The molecule has 0 bridgehead atoms. The van der Waals surface area contributed by atoms with E-state index in [-0.39, 0.29) is 5.78 Å². The van der Waals surface area contributed by atoms with Crippen molar-refractivity contribution in [2.24, 2.45) is 0 Å². The van der Waals surface area contributed by atoms with Crippen LogP contribution in [-0.2, 0) is 11.2 Å². The van der Waals surface area contributed by atoms with Crippen LogP contribution in [0.1, 0.15) is 28.4 Å². The highest BCUT2D eigenvalue weighted by atomic mass is 32.2. The lowest BCUT2D eigenvalue weighted by Gasteiger charge is -2.03. The van der Waals surface area contributed by atoms with Crippen molar-refractivity contribution in [1.82, 2.24) is 10.2 Å². The number of nitrogens with zero attached hydrogens (tertiary/aromatic N) is 2. The van der Waals surface area contributed by atoms with Crippen LogP contribution in [0.5, 0.6) is 5.75 Å². The van der Waals surface area contributed by atoms with Crippen LogP contribution in [0, 0.1) is 5.41 Å². The Morgan fingerprint density at radius 2 is 2.08 bits per heavy atom. The maximum absolute atomic E-state index is 12.7. The SMILES string of the molecule is C=CCOc1ccc(/C=C2\SC(=N)[C@@H](c3nnc(CC)s3)C2=O)cc1. The fourth-order valence-electron chi connectivity index (χ4n) is 2.31. The summed E-state index contributed by atoms with van der Waals surface area (Å²) >= 11 is 2.60. The summed E-state index contributed by atoms with van der Waals surface area (Å²) in [4.78, 5) is 13.3. The number of hydrogen-bond acceptors (Lipinski definition) is 7. The van der Waals surface area contributed by atoms with Crippen LogP contribution in [0.15, 0.2) is 41.8 Å². The topological polar surface area (TPSA) is 75.9 Å². The highest BCUT2D eigenvalue weighted by Gasteiger charge is 2.39. The number of benzene rings is 1. The molecule has 1 saturated heterocycles. The number of carbonyl (C=O) groups is 1. The molecule has 1 fully saturated rings. The van der Waals surface area contributed by atoms with E-state index in [1.54, 1.807) is 12.2 Å². The molecule has 0 radical (unpaired) electrons. The van der Waals surface area contributed by atoms with Gasteiger partial charge in [-0.25, -0.2) is 0 Å². The smallest absolute Gasteiger partial charge is 0.186 e. The second-order valence-electron chi connectivity index (χ2n) is 5.33. The van der Waals surface area contributed by atoms with Crippen molar-refractivity contribution in [2.75, 3.05) is 6.61 Å². The van der Waals surface area contributed by atoms with E-state index in [0.717, 1.165) is 22.7 Å². The molecule has 0 unspecified atom stereocenters. The Balaban J connectivity index is 1.79. The number of allylic oxidation sites excluding steroid dienone is 1. The molecular formula is C18H17N3O2S2. The van der Waals surface area contributed by atoms with E-state index >= 15 is 0 Å². The summed E-state index contributed by atoms with van der Waals surface area (Å²) in [5.74, 6) is 0.0593. The first-order valence-electron chi connectivity index (χ1n) is 7.80. The molecule has 1 aromatic carbocycles. The van der Waals surface area contributed by atoms with Gasteiger partial charge in [-0.15, -0.1) is 21.5 Å². The van der Waals surface area contributed by atoms with Crippen molar-refractivity contribution in [2.45, 2.75) is 19.3 Å². The number of hydrogen-bond donors (Lipinski definition) is 1. The highest BCUT2D eigenvalue weighted by molar-refractivity contribution is 8.19. The van der Waals surface area contributed by atoms with Gasteiger partial charge in [0, 0.05) is 0 Å². The normalized spacial score (nSPS) is 18.8. The Kier molecular flexibility index (Phi) is 5.45. The van der Waals surface area contributed by atoms with E-state index in [1.165, 1.54) is 23.1 Å². The first-order valence-corrected chi connectivity index (χ1v) is 9.44. The third-order valence-electron chi connectivity index (χ3n) is 3.56. The Bertz CT molecular complexity index is 840. The molecule has 0 amide bonds. The van der Waals surface area contributed by atoms with Gasteiger partial charge in [0.15, 0.2) is 5.78 Å². The van der Waals surface area contributed by atoms with Crippen molar-refractivity contribution >= 4 is 40.0 Å². The van der Waals surface area contributed by atoms with E-state index in [9.17, 15) is 4.79 Å². The molecule has 1 N–H and O–H groups in total. The molecule has 2 heterocycles. The Hall–Kier alpha value is -2.25. The zero-order valence-corrected chi connectivity index (χ0v) is 15.3. The van der Waals surface area contributed by atoms with Crippen LogP contribution < -0.4 is 4.74 Å². The van der Waals surface area contributed by atoms with Gasteiger partial charge in [-0.05, 0) is 30.2 Å². The van der Waals surface area contributed by atoms with Crippen LogP contribution in [0.4, 0.5) is 0 Å². The summed E-state index contributed by atoms with van der Waals surface area (Å²) in [6.07, 6.45) is 4.27. The number of nitrogens with one attached hydrogen (secondary N) is 1. The van der Waals surface area contributed by atoms with Gasteiger partial charge in [0.2, 0.25) is 0 Å². The minimum Gasteiger partial charge on any atom is -0.490 e. The van der Waals surface area contributed by atoms with E-state index < -0.39 is 5.92 Å². The van der Waals surface area contributed by atoms with Crippen LogP contribution in [0.2, 0.25) is 0 Å². The Labute approximate surface area is 154 Å². The van der Waals surface area contributed by atoms with Gasteiger partial charge in [-0.2, -0.15) is 0 Å². The van der Waals surface area contributed by atoms with E-state index in [4.69, 9.17) is 10.1 Å². The summed E-state index contributed by atoms with van der Waals surface area (Å²) < 4.78 is 5.45. The summed E-state index contributed by atoms with van der Waals surface area (Å²) in [6.45, 7) is 6.06. The van der Waals surface area contributed by atoms with Crippen LogP contribution in [-0.4, -0.2) is 27.6 Å². The average molecular weight is 371 g/mol. The van der Waals surface area contributed by atoms with E-state index in [1.807, 2.05) is 31.2 Å². The quantitative estimate of drug-likeness (QED) is 0.611. The van der Waals surface area contributed by atoms with Gasteiger partial charge in [-0.3, -0.25) is 10.2 Å². The number of thioether (sulfide) groups is 1. The van der Waals surface area contributed by atoms with E-state index in [2.05, 4.69) is 16.8 Å². The molecule has 1 aliphatic heterocycles. The lowest BCUT2D eigenvalue weighted by Crippen LogP contribution is -2.11.